The van der Waals surface area contributed by atoms with Gasteiger partial charge in [-0.05, 0) is 31.2 Å². The molecule has 1 aliphatic heterocycles. The van der Waals surface area contributed by atoms with Crippen molar-refractivity contribution in [2.45, 2.75) is 6.42 Å². The number of morpholine rings is 1. The van der Waals surface area contributed by atoms with Crippen LogP contribution < -0.4 is 10.6 Å². The molecule has 2 heterocycles. The van der Waals surface area contributed by atoms with E-state index >= 15 is 0 Å². The van der Waals surface area contributed by atoms with Gasteiger partial charge < -0.3 is 15.4 Å². The fourth-order valence-electron chi connectivity index (χ4n) is 2.81. The van der Waals surface area contributed by atoms with Crippen molar-refractivity contribution in [2.75, 3.05) is 50.0 Å². The van der Waals surface area contributed by atoms with E-state index in [1.54, 1.807) is 0 Å². The molecule has 9 nitrogen and oxygen atoms in total. The highest BCUT2D eigenvalue weighted by atomic mass is 79.9. The van der Waals surface area contributed by atoms with Crippen molar-refractivity contribution in [1.29, 1.82) is 0 Å². The van der Waals surface area contributed by atoms with Gasteiger partial charge in [-0.1, -0.05) is 22.0 Å². The first-order valence-corrected chi connectivity index (χ1v) is 9.49. The molecule has 0 radical (unpaired) electrons. The molecule has 2 aromatic rings. The maximum atomic E-state index is 11.6. The molecule has 0 saturated carbocycles. The van der Waals surface area contributed by atoms with Gasteiger partial charge in [-0.15, -0.1) is 0 Å². The van der Waals surface area contributed by atoms with E-state index in [4.69, 9.17) is 4.74 Å². The molecule has 27 heavy (non-hydrogen) atoms. The largest absolute Gasteiger partial charge is 0.379 e. The normalized spacial score (nSPS) is 14.7. The Morgan fingerprint density at radius 2 is 2.04 bits per heavy atom. The van der Waals surface area contributed by atoms with Crippen molar-refractivity contribution >= 4 is 38.9 Å². The third kappa shape index (κ3) is 5.59. The van der Waals surface area contributed by atoms with Gasteiger partial charge in [-0.2, -0.15) is 0 Å². The zero-order valence-electron chi connectivity index (χ0n) is 14.7. The smallest absolute Gasteiger partial charge is 0.353 e. The number of nitrogens with one attached hydrogen (secondary N) is 2. The summed E-state index contributed by atoms with van der Waals surface area (Å²) in [5.41, 5.74) is 0.535. The van der Waals surface area contributed by atoms with E-state index in [1.807, 2.05) is 24.3 Å². The van der Waals surface area contributed by atoms with Crippen LogP contribution in [0.2, 0.25) is 0 Å². The van der Waals surface area contributed by atoms with Crippen LogP contribution in [0.15, 0.2) is 35.1 Å². The summed E-state index contributed by atoms with van der Waals surface area (Å²) in [5, 5.41) is 17.7. The summed E-state index contributed by atoms with van der Waals surface area (Å²) in [6.07, 6.45) is 2.17. The molecule has 0 aliphatic carbocycles. The Labute approximate surface area is 165 Å². The van der Waals surface area contributed by atoms with Crippen molar-refractivity contribution < 1.29 is 9.66 Å². The van der Waals surface area contributed by atoms with E-state index in [2.05, 4.69) is 41.4 Å². The monoisotopic (exact) mass is 436 g/mol. The number of benzene rings is 1. The third-order valence-electron chi connectivity index (χ3n) is 4.14. The van der Waals surface area contributed by atoms with Gasteiger partial charge in [0, 0.05) is 29.8 Å². The first-order valence-electron chi connectivity index (χ1n) is 8.69. The van der Waals surface area contributed by atoms with E-state index in [0.29, 0.717) is 12.2 Å². The molecule has 1 fully saturated rings. The number of hydrogen-bond acceptors (Lipinski definition) is 8. The summed E-state index contributed by atoms with van der Waals surface area (Å²) in [5.74, 6) is 0.373. The molecule has 0 unspecified atom stereocenters. The summed E-state index contributed by atoms with van der Waals surface area (Å²) < 4.78 is 6.19. The van der Waals surface area contributed by atoms with E-state index in [9.17, 15) is 10.1 Å². The summed E-state index contributed by atoms with van der Waals surface area (Å²) in [6, 6.07) is 7.35. The first-order chi connectivity index (χ1) is 13.1. The van der Waals surface area contributed by atoms with Gasteiger partial charge >= 0.3 is 5.69 Å². The highest BCUT2D eigenvalue weighted by Gasteiger charge is 2.23. The Morgan fingerprint density at radius 3 is 2.78 bits per heavy atom. The van der Waals surface area contributed by atoms with Crippen molar-refractivity contribution in [3.05, 3.63) is 45.2 Å². The van der Waals surface area contributed by atoms with Gasteiger partial charge in [-0.3, -0.25) is 15.0 Å². The van der Waals surface area contributed by atoms with E-state index in [-0.39, 0.29) is 17.3 Å². The zero-order chi connectivity index (χ0) is 19.1. The third-order valence-corrected chi connectivity index (χ3v) is 4.63. The second kappa shape index (κ2) is 9.58. The Bertz CT molecular complexity index is 785. The van der Waals surface area contributed by atoms with Crippen LogP contribution in [0.3, 0.4) is 0 Å². The minimum absolute atomic E-state index is 0.156. The highest BCUT2D eigenvalue weighted by molar-refractivity contribution is 9.10. The summed E-state index contributed by atoms with van der Waals surface area (Å²) in [4.78, 5) is 21.5. The lowest BCUT2D eigenvalue weighted by Gasteiger charge is -2.26. The van der Waals surface area contributed by atoms with Gasteiger partial charge in [0.1, 0.15) is 6.33 Å². The van der Waals surface area contributed by atoms with Gasteiger partial charge in [0.2, 0.25) is 11.6 Å². The highest BCUT2D eigenvalue weighted by Crippen LogP contribution is 2.31. The zero-order valence-corrected chi connectivity index (χ0v) is 16.3. The SMILES string of the molecule is O=[N+]([O-])c1c(NCCCN2CCOCC2)ncnc1Nc1cccc(Br)c1. The molecule has 1 aromatic carbocycles. The second-order valence-corrected chi connectivity index (χ2v) is 6.96. The van der Waals surface area contributed by atoms with Crippen molar-refractivity contribution in [3.8, 4) is 0 Å². The second-order valence-electron chi connectivity index (χ2n) is 6.05. The minimum atomic E-state index is -0.468. The lowest BCUT2D eigenvalue weighted by molar-refractivity contribution is -0.383. The lowest BCUT2D eigenvalue weighted by Crippen LogP contribution is -2.37. The summed E-state index contributed by atoms with van der Waals surface area (Å²) >= 11 is 3.38. The number of rotatable bonds is 8. The first kappa shape index (κ1) is 19.5. The molecular weight excluding hydrogens is 416 g/mol. The van der Waals surface area contributed by atoms with Crippen LogP contribution in [0.25, 0.3) is 0 Å². The Balaban J connectivity index is 1.65. The number of halogens is 1. The minimum Gasteiger partial charge on any atom is -0.379 e. The van der Waals surface area contributed by atoms with Crippen molar-refractivity contribution in [3.63, 3.8) is 0 Å². The quantitative estimate of drug-likeness (QED) is 0.369. The van der Waals surface area contributed by atoms with E-state index < -0.39 is 4.92 Å². The standard InChI is InChI=1S/C17H21BrN6O3/c18-13-3-1-4-14(11-13)22-17-15(24(25)26)16(20-12-21-17)19-5-2-6-23-7-9-27-10-8-23/h1,3-4,11-12H,2,5-10H2,(H2,19,20,21,22). The number of ether oxygens (including phenoxy) is 1. The molecule has 144 valence electrons. The average Bonchev–Trinajstić information content (AvgIpc) is 2.66. The van der Waals surface area contributed by atoms with Gasteiger partial charge in [0.15, 0.2) is 0 Å². The molecule has 0 bridgehead atoms. The van der Waals surface area contributed by atoms with Crippen molar-refractivity contribution in [2.24, 2.45) is 0 Å². The maximum Gasteiger partial charge on any atom is 0.353 e. The van der Waals surface area contributed by atoms with Crippen LogP contribution in [0, 0.1) is 10.1 Å². The van der Waals surface area contributed by atoms with Gasteiger partial charge in [0.25, 0.3) is 0 Å². The molecule has 1 saturated heterocycles. The predicted molar refractivity (Wildman–Crippen MR) is 106 cm³/mol. The van der Waals surface area contributed by atoms with Gasteiger partial charge in [0.05, 0.1) is 18.1 Å². The molecule has 2 N–H and O–H groups in total. The molecule has 0 amide bonds. The molecule has 1 aromatic heterocycles. The van der Waals surface area contributed by atoms with Crippen LogP contribution in [0.1, 0.15) is 6.42 Å². The Kier molecular flexibility index (Phi) is 6.91. The number of aromatic nitrogens is 2. The van der Waals surface area contributed by atoms with Crippen LogP contribution >= 0.6 is 15.9 Å². The topological polar surface area (TPSA) is 105 Å². The molecule has 3 rings (SSSR count). The maximum absolute atomic E-state index is 11.6. The van der Waals surface area contributed by atoms with Crippen LogP contribution in [0.4, 0.5) is 23.0 Å². The number of nitrogens with zero attached hydrogens (tertiary/aromatic N) is 4. The van der Waals surface area contributed by atoms with Crippen LogP contribution in [-0.4, -0.2) is 59.2 Å². The van der Waals surface area contributed by atoms with Crippen molar-refractivity contribution in [1.82, 2.24) is 14.9 Å². The summed E-state index contributed by atoms with van der Waals surface area (Å²) in [7, 11) is 0. The molecule has 10 heteroatoms. The Hall–Kier alpha value is -2.30. The molecule has 0 atom stereocenters. The number of nitro groups is 1. The van der Waals surface area contributed by atoms with Crippen LogP contribution in [0.5, 0.6) is 0 Å². The molecule has 1 aliphatic rings. The van der Waals surface area contributed by atoms with E-state index in [0.717, 1.165) is 43.7 Å². The number of hydrogen-bond donors (Lipinski definition) is 2. The fourth-order valence-corrected chi connectivity index (χ4v) is 3.21. The average molecular weight is 437 g/mol. The fraction of sp³-hybridized carbons (Fsp3) is 0.412. The summed E-state index contributed by atoms with van der Waals surface area (Å²) in [6.45, 7) is 4.87. The predicted octanol–water partition coefficient (Wildman–Crippen LogP) is 3.03. The lowest BCUT2D eigenvalue weighted by atomic mass is 10.3. The Morgan fingerprint density at radius 1 is 1.26 bits per heavy atom. The van der Waals surface area contributed by atoms with Gasteiger partial charge in [-0.25, -0.2) is 9.97 Å². The van der Waals surface area contributed by atoms with Crippen LogP contribution in [-0.2, 0) is 4.74 Å². The van der Waals surface area contributed by atoms with E-state index in [1.165, 1.54) is 6.33 Å². The molecular formula is C17H21BrN6O3. The number of anilines is 3. The molecule has 0 spiro atoms.